The number of carbonyl (C=O) groups is 1. The summed E-state index contributed by atoms with van der Waals surface area (Å²) < 4.78 is 5.59. The number of ether oxygens (including phenoxy) is 1. The molecule has 0 fully saturated rings. The van der Waals surface area contributed by atoms with E-state index in [4.69, 9.17) is 11.2 Å². The summed E-state index contributed by atoms with van der Waals surface area (Å²) in [4.78, 5) is 23.9. The maximum Gasteiger partial charge on any atom is 0.292 e. The van der Waals surface area contributed by atoms with Crippen molar-refractivity contribution >= 4 is 16.8 Å². The summed E-state index contributed by atoms with van der Waals surface area (Å²) in [6, 6.07) is 13.8. The predicted octanol–water partition coefficient (Wildman–Crippen LogP) is 4.44. The zero-order chi connectivity index (χ0) is 21.1. The minimum absolute atomic E-state index is 0.172. The smallest absolute Gasteiger partial charge is 0.292 e. The van der Waals surface area contributed by atoms with E-state index in [0.29, 0.717) is 36.0 Å². The Bertz CT molecular complexity index is 1150. The van der Waals surface area contributed by atoms with E-state index in [9.17, 15) is 4.79 Å². The zero-order valence-corrected chi connectivity index (χ0v) is 17.1. The number of hydrogen-bond acceptors (Lipinski definition) is 4. The van der Waals surface area contributed by atoms with Crippen LogP contribution < -0.4 is 4.74 Å². The molecular weight excluding hydrogens is 374 g/mol. The van der Waals surface area contributed by atoms with Gasteiger partial charge in [-0.05, 0) is 29.7 Å². The van der Waals surface area contributed by atoms with Crippen molar-refractivity contribution in [3.05, 3.63) is 66.0 Å². The average Bonchev–Trinajstić information content (AvgIpc) is 3.31. The third-order valence-corrected chi connectivity index (χ3v) is 5.14. The van der Waals surface area contributed by atoms with Crippen LogP contribution in [0.15, 0.2) is 54.6 Å². The Morgan fingerprint density at radius 2 is 1.87 bits per heavy atom. The van der Waals surface area contributed by atoms with Crippen LogP contribution in [0.1, 0.15) is 35.9 Å². The maximum atomic E-state index is 12.9. The summed E-state index contributed by atoms with van der Waals surface area (Å²) in [5.41, 5.74) is 3.57. The first kappa shape index (κ1) is 19.7. The van der Waals surface area contributed by atoms with Crippen molar-refractivity contribution in [1.82, 2.24) is 14.9 Å². The van der Waals surface area contributed by atoms with Gasteiger partial charge in [-0.1, -0.05) is 56.2 Å². The van der Waals surface area contributed by atoms with Crippen molar-refractivity contribution in [3.8, 4) is 29.4 Å². The number of terminal acetylenes is 1. The molecule has 5 nitrogen and oxygen atoms in total. The lowest BCUT2D eigenvalue weighted by Crippen LogP contribution is -2.30. The molecule has 1 aromatic heterocycles. The van der Waals surface area contributed by atoms with E-state index in [0.717, 1.165) is 10.9 Å². The molecule has 1 amide bonds. The Labute approximate surface area is 176 Å². The lowest BCUT2D eigenvalue weighted by molar-refractivity contribution is 0.0788. The van der Waals surface area contributed by atoms with Gasteiger partial charge in [0.1, 0.15) is 12.4 Å². The van der Waals surface area contributed by atoms with Crippen LogP contribution in [-0.4, -0.2) is 40.5 Å². The molecule has 3 aromatic rings. The number of hydrogen-bond donors (Lipinski definition) is 0. The van der Waals surface area contributed by atoms with E-state index in [-0.39, 0.29) is 18.3 Å². The fraction of sp³-hybridized carbons (Fsp3) is 0.240. The second kappa shape index (κ2) is 8.38. The van der Waals surface area contributed by atoms with Crippen LogP contribution in [0.2, 0.25) is 0 Å². The molecule has 0 atom stereocenters. The van der Waals surface area contributed by atoms with Crippen LogP contribution in [-0.2, 0) is 0 Å². The molecule has 0 aliphatic carbocycles. The van der Waals surface area contributed by atoms with E-state index in [1.807, 2.05) is 42.5 Å². The van der Waals surface area contributed by atoms with Crippen molar-refractivity contribution in [3.63, 3.8) is 0 Å². The molecular formula is C25H23N3O2. The van der Waals surface area contributed by atoms with Gasteiger partial charge >= 0.3 is 0 Å². The van der Waals surface area contributed by atoms with Gasteiger partial charge < -0.3 is 9.64 Å². The number of fused-ring (bicyclic) bond motifs is 1. The van der Waals surface area contributed by atoms with Crippen LogP contribution in [0.5, 0.6) is 5.75 Å². The topological polar surface area (TPSA) is 55.3 Å². The molecule has 0 unspecified atom stereocenters. The van der Waals surface area contributed by atoms with Crippen molar-refractivity contribution in [2.75, 3.05) is 19.7 Å². The van der Waals surface area contributed by atoms with E-state index >= 15 is 0 Å². The van der Waals surface area contributed by atoms with Crippen molar-refractivity contribution in [2.24, 2.45) is 0 Å². The molecule has 0 saturated carbocycles. The van der Waals surface area contributed by atoms with Crippen LogP contribution in [0.4, 0.5) is 0 Å². The van der Waals surface area contributed by atoms with E-state index in [1.54, 1.807) is 4.90 Å². The van der Waals surface area contributed by atoms with Crippen molar-refractivity contribution < 1.29 is 9.53 Å². The number of amides is 1. The van der Waals surface area contributed by atoms with E-state index < -0.39 is 0 Å². The average molecular weight is 397 g/mol. The van der Waals surface area contributed by atoms with Crippen LogP contribution in [0, 0.1) is 12.3 Å². The van der Waals surface area contributed by atoms with Crippen molar-refractivity contribution in [2.45, 2.75) is 19.8 Å². The number of aromatic nitrogens is 2. The minimum atomic E-state index is -0.172. The van der Waals surface area contributed by atoms with Gasteiger partial charge in [-0.15, -0.1) is 6.42 Å². The highest BCUT2D eigenvalue weighted by atomic mass is 16.5. The van der Waals surface area contributed by atoms with Gasteiger partial charge in [-0.25, -0.2) is 9.97 Å². The lowest BCUT2D eigenvalue weighted by atomic mass is 9.99. The fourth-order valence-electron chi connectivity index (χ4n) is 3.45. The molecule has 0 bridgehead atoms. The highest BCUT2D eigenvalue weighted by Crippen LogP contribution is 2.30. The van der Waals surface area contributed by atoms with Crippen LogP contribution in [0.3, 0.4) is 0 Å². The number of carbonyl (C=O) groups excluding carboxylic acids is 1. The first-order valence-corrected chi connectivity index (χ1v) is 9.99. The third kappa shape index (κ3) is 3.90. The number of nitrogens with zero attached hydrogens (tertiary/aromatic N) is 3. The molecule has 150 valence electrons. The lowest BCUT2D eigenvalue weighted by Gasteiger charge is -2.16. The highest BCUT2D eigenvalue weighted by molar-refractivity contribution is 5.98. The van der Waals surface area contributed by atoms with Crippen LogP contribution >= 0.6 is 0 Å². The normalized spacial score (nSPS) is 13.1. The largest absolute Gasteiger partial charge is 0.481 e. The quantitative estimate of drug-likeness (QED) is 0.472. The molecule has 2 aromatic carbocycles. The van der Waals surface area contributed by atoms with E-state index in [1.165, 1.54) is 5.56 Å². The molecule has 4 rings (SSSR count). The molecule has 0 radical (unpaired) electrons. The van der Waals surface area contributed by atoms with Crippen molar-refractivity contribution in [1.29, 1.82) is 0 Å². The molecule has 5 heteroatoms. The maximum absolute atomic E-state index is 12.9. The second-order valence-electron chi connectivity index (χ2n) is 7.53. The van der Waals surface area contributed by atoms with Gasteiger partial charge in [0, 0.05) is 24.0 Å². The minimum Gasteiger partial charge on any atom is -0.481 e. The van der Waals surface area contributed by atoms with Gasteiger partial charge in [0.15, 0.2) is 0 Å². The monoisotopic (exact) mass is 397 g/mol. The van der Waals surface area contributed by atoms with Gasteiger partial charge in [-0.3, -0.25) is 4.79 Å². The number of benzene rings is 2. The summed E-state index contributed by atoms with van der Waals surface area (Å²) in [6.07, 6.45) is 9.26. The summed E-state index contributed by atoms with van der Waals surface area (Å²) in [7, 11) is 0. The Kier molecular flexibility index (Phi) is 5.49. The highest BCUT2D eigenvalue weighted by Gasteiger charge is 2.22. The standard InChI is InChI=1S/C25H23N3O2/c1-4-15-30-20-11-12-22-21(16-20)23(19-9-7-18(8-10-19)17(2)3)27-24(26-22)25(29)28-13-5-6-14-28/h1,5-12,16-17H,13-15H2,2-3H3. The Balaban J connectivity index is 1.84. The molecule has 0 N–H and O–H groups in total. The molecule has 0 spiro atoms. The molecule has 1 aliphatic rings. The van der Waals surface area contributed by atoms with Crippen LogP contribution in [0.25, 0.3) is 22.2 Å². The fourth-order valence-corrected chi connectivity index (χ4v) is 3.45. The Morgan fingerprint density at radius 3 is 2.53 bits per heavy atom. The summed E-state index contributed by atoms with van der Waals surface area (Å²) in [5.74, 6) is 3.58. The molecule has 0 saturated heterocycles. The first-order chi connectivity index (χ1) is 14.6. The Hall–Kier alpha value is -3.65. The molecule has 2 heterocycles. The Morgan fingerprint density at radius 1 is 1.13 bits per heavy atom. The van der Waals surface area contributed by atoms with Gasteiger partial charge in [-0.2, -0.15) is 0 Å². The zero-order valence-electron chi connectivity index (χ0n) is 17.1. The predicted molar refractivity (Wildman–Crippen MR) is 118 cm³/mol. The summed E-state index contributed by atoms with van der Waals surface area (Å²) in [5, 5.41) is 0.818. The molecule has 30 heavy (non-hydrogen) atoms. The molecule has 1 aliphatic heterocycles. The second-order valence-corrected chi connectivity index (χ2v) is 7.53. The summed E-state index contributed by atoms with van der Waals surface area (Å²) >= 11 is 0. The third-order valence-electron chi connectivity index (χ3n) is 5.14. The number of rotatable bonds is 5. The SMILES string of the molecule is C#CCOc1ccc2nc(C(=O)N3CC=CC3)nc(-c3ccc(C(C)C)cc3)c2c1. The first-order valence-electron chi connectivity index (χ1n) is 9.99. The van der Waals surface area contributed by atoms with E-state index in [2.05, 4.69) is 41.9 Å². The van der Waals surface area contributed by atoms with Gasteiger partial charge in [0.25, 0.3) is 5.91 Å². The summed E-state index contributed by atoms with van der Waals surface area (Å²) in [6.45, 7) is 5.66. The van der Waals surface area contributed by atoms with Gasteiger partial charge in [0.2, 0.25) is 5.82 Å². The van der Waals surface area contributed by atoms with Gasteiger partial charge in [0.05, 0.1) is 11.2 Å².